The second-order valence-electron chi connectivity index (χ2n) is 16.3. The minimum Gasteiger partial charge on any atom is -0.278 e. The molecule has 7 heteroatoms. The Morgan fingerprint density at radius 1 is 0.292 bits per heavy atom. The largest absolute Gasteiger partial charge is 0.278 e. The SMILES string of the molecule is c1ccc(-c2ccc(-c3nc(-c4cc(-c5nc(-c6ccc(-c7ccccc7)cc6)c6ccccc6n5)nc(-n5c6cccc7ccc8cccc5c8c76)n4)nc4ccccc34)cc2)cc1. The average molecular weight is 830 g/mol. The molecule has 4 heterocycles. The number of fused-ring (bicyclic) bond motifs is 2. The van der Waals surface area contributed by atoms with Crippen molar-refractivity contribution in [2.45, 2.75) is 0 Å². The normalized spacial score (nSPS) is 11.7. The van der Waals surface area contributed by atoms with E-state index in [-0.39, 0.29) is 0 Å². The molecule has 0 bridgehead atoms. The molecule has 0 aliphatic heterocycles. The Morgan fingerprint density at radius 2 is 0.692 bits per heavy atom. The van der Waals surface area contributed by atoms with E-state index in [0.717, 1.165) is 88.4 Å². The molecule has 0 atom stereocenters. The van der Waals surface area contributed by atoms with Crippen molar-refractivity contribution < 1.29 is 0 Å². The first-order valence-corrected chi connectivity index (χ1v) is 21.7. The Hall–Kier alpha value is -8.94. The molecule has 9 aromatic carbocycles. The molecule has 0 saturated heterocycles. The molecule has 0 aliphatic carbocycles. The first-order chi connectivity index (χ1) is 32.2. The third kappa shape index (κ3) is 6.20. The molecule has 0 aliphatic rings. The zero-order valence-electron chi connectivity index (χ0n) is 34.8. The highest BCUT2D eigenvalue weighted by atomic mass is 15.2. The number of aromatic nitrogens is 7. The summed E-state index contributed by atoms with van der Waals surface area (Å²) in [5, 5.41) is 6.55. The maximum atomic E-state index is 5.38. The molecule has 0 fully saturated rings. The van der Waals surface area contributed by atoms with E-state index in [1.54, 1.807) is 0 Å². The third-order valence-corrected chi connectivity index (χ3v) is 12.4. The second kappa shape index (κ2) is 14.9. The summed E-state index contributed by atoms with van der Waals surface area (Å²) < 4.78 is 2.16. The van der Waals surface area contributed by atoms with Crippen molar-refractivity contribution >= 4 is 54.4 Å². The fourth-order valence-electron chi connectivity index (χ4n) is 9.32. The van der Waals surface area contributed by atoms with Crippen molar-refractivity contribution in [2.75, 3.05) is 0 Å². The summed E-state index contributed by atoms with van der Waals surface area (Å²) in [6, 6.07) is 73.4. The molecule has 0 radical (unpaired) electrons. The lowest BCUT2D eigenvalue weighted by atomic mass is 10.0. The van der Waals surface area contributed by atoms with Gasteiger partial charge in [-0.2, -0.15) is 0 Å². The van der Waals surface area contributed by atoms with Gasteiger partial charge >= 0.3 is 0 Å². The van der Waals surface area contributed by atoms with E-state index >= 15 is 0 Å². The molecule has 0 saturated carbocycles. The Morgan fingerprint density at radius 3 is 1.15 bits per heavy atom. The first kappa shape index (κ1) is 36.7. The van der Waals surface area contributed by atoms with Gasteiger partial charge in [0.25, 0.3) is 0 Å². The van der Waals surface area contributed by atoms with Gasteiger partial charge in [-0.3, -0.25) is 4.57 Å². The predicted molar refractivity (Wildman–Crippen MR) is 264 cm³/mol. The Labute approximate surface area is 373 Å². The van der Waals surface area contributed by atoms with Crippen LogP contribution >= 0.6 is 0 Å². The second-order valence-corrected chi connectivity index (χ2v) is 16.3. The highest BCUT2D eigenvalue weighted by Gasteiger charge is 2.23. The van der Waals surface area contributed by atoms with E-state index in [2.05, 4.69) is 162 Å². The molecule has 302 valence electrons. The average Bonchev–Trinajstić information content (AvgIpc) is 3.73. The fourth-order valence-corrected chi connectivity index (χ4v) is 9.32. The number of benzene rings is 9. The van der Waals surface area contributed by atoms with Crippen LogP contribution in [0, 0.1) is 0 Å². The van der Waals surface area contributed by atoms with Gasteiger partial charge in [-0.15, -0.1) is 0 Å². The van der Waals surface area contributed by atoms with Crippen molar-refractivity contribution in [3.63, 3.8) is 0 Å². The fraction of sp³-hybridized carbons (Fsp3) is 0. The van der Waals surface area contributed by atoms with E-state index in [9.17, 15) is 0 Å². The summed E-state index contributed by atoms with van der Waals surface area (Å²) in [7, 11) is 0. The van der Waals surface area contributed by atoms with Gasteiger partial charge in [0.15, 0.2) is 11.6 Å². The monoisotopic (exact) mass is 829 g/mol. The van der Waals surface area contributed by atoms with Crippen LogP contribution in [0.2, 0.25) is 0 Å². The van der Waals surface area contributed by atoms with E-state index in [1.165, 1.54) is 10.8 Å². The minimum atomic E-state index is 0.473. The minimum absolute atomic E-state index is 0.473. The first-order valence-electron chi connectivity index (χ1n) is 21.7. The molecule has 13 aromatic rings. The summed E-state index contributed by atoms with van der Waals surface area (Å²) in [4.78, 5) is 31.9. The highest BCUT2D eigenvalue weighted by Crippen LogP contribution is 2.40. The van der Waals surface area contributed by atoms with Gasteiger partial charge in [0.2, 0.25) is 5.95 Å². The maximum absolute atomic E-state index is 5.38. The molecule has 0 spiro atoms. The number of nitrogens with zero attached hydrogens (tertiary/aromatic N) is 7. The molecular formula is C58H35N7. The van der Waals surface area contributed by atoms with Crippen LogP contribution in [0.25, 0.3) is 128 Å². The lowest BCUT2D eigenvalue weighted by molar-refractivity contribution is 0.980. The van der Waals surface area contributed by atoms with E-state index in [4.69, 9.17) is 29.9 Å². The molecule has 0 N–H and O–H groups in total. The summed E-state index contributed by atoms with van der Waals surface area (Å²) >= 11 is 0. The van der Waals surface area contributed by atoms with Crippen LogP contribution in [0.3, 0.4) is 0 Å². The van der Waals surface area contributed by atoms with Gasteiger partial charge in [-0.1, -0.05) is 182 Å². The van der Waals surface area contributed by atoms with Crippen LogP contribution in [0.1, 0.15) is 0 Å². The van der Waals surface area contributed by atoms with Gasteiger partial charge in [-0.25, -0.2) is 29.9 Å². The zero-order chi connectivity index (χ0) is 42.8. The quantitative estimate of drug-likeness (QED) is 0.149. The molecule has 0 amide bonds. The molecule has 0 unspecified atom stereocenters. The van der Waals surface area contributed by atoms with Crippen LogP contribution in [-0.4, -0.2) is 34.5 Å². The summed E-state index contributed by atoms with van der Waals surface area (Å²) in [6.07, 6.45) is 0. The molecule has 7 nitrogen and oxygen atoms in total. The molecule has 65 heavy (non-hydrogen) atoms. The lowest BCUT2D eigenvalue weighted by Crippen LogP contribution is -2.07. The number of hydrogen-bond donors (Lipinski definition) is 0. The number of para-hydroxylation sites is 2. The van der Waals surface area contributed by atoms with Crippen molar-refractivity contribution in [3.05, 3.63) is 212 Å². The van der Waals surface area contributed by atoms with Crippen LogP contribution < -0.4 is 0 Å². The van der Waals surface area contributed by atoms with Gasteiger partial charge in [0.1, 0.15) is 11.4 Å². The van der Waals surface area contributed by atoms with Gasteiger partial charge in [0, 0.05) is 32.7 Å². The van der Waals surface area contributed by atoms with Gasteiger partial charge in [0.05, 0.1) is 33.5 Å². The third-order valence-electron chi connectivity index (χ3n) is 12.4. The summed E-state index contributed by atoms with van der Waals surface area (Å²) in [5.41, 5.74) is 12.9. The number of hydrogen-bond acceptors (Lipinski definition) is 6. The van der Waals surface area contributed by atoms with Gasteiger partial charge in [-0.05, 0) is 63.4 Å². The smallest absolute Gasteiger partial charge is 0.236 e. The van der Waals surface area contributed by atoms with Crippen molar-refractivity contribution in [1.29, 1.82) is 0 Å². The maximum Gasteiger partial charge on any atom is 0.236 e. The van der Waals surface area contributed by atoms with E-state index in [0.29, 0.717) is 29.0 Å². The Kier molecular flexibility index (Phi) is 8.39. The van der Waals surface area contributed by atoms with E-state index in [1.807, 2.05) is 54.6 Å². The van der Waals surface area contributed by atoms with Crippen LogP contribution in [0.15, 0.2) is 212 Å². The molecule has 4 aromatic heterocycles. The standard InChI is InChI=1S/C58H35N7/c1-3-13-36(14-4-1)38-25-31-42(32-26-38)54-44-19-7-9-21-46(44)59-56(63-54)48-35-49(62-58(61-48)65-50-23-11-17-40-29-30-41-18-12-24-51(65)53(41)52(40)50)57-60-47-22-10-8-20-45(47)55(64-57)43-33-27-39(28-34-43)37-15-5-2-6-16-37/h1-35H. The van der Waals surface area contributed by atoms with Gasteiger partial charge < -0.3 is 0 Å². The summed E-state index contributed by atoms with van der Waals surface area (Å²) in [6.45, 7) is 0. The highest BCUT2D eigenvalue weighted by molar-refractivity contribution is 6.24. The Bertz CT molecular complexity index is 3670. The molecular weight excluding hydrogens is 795 g/mol. The van der Waals surface area contributed by atoms with Crippen molar-refractivity contribution in [2.24, 2.45) is 0 Å². The van der Waals surface area contributed by atoms with Crippen molar-refractivity contribution in [1.82, 2.24) is 34.5 Å². The number of rotatable bonds is 7. The van der Waals surface area contributed by atoms with Crippen LogP contribution in [-0.2, 0) is 0 Å². The zero-order valence-corrected chi connectivity index (χ0v) is 34.8. The predicted octanol–water partition coefficient (Wildman–Crippen LogP) is 14.1. The molecule has 13 rings (SSSR count). The van der Waals surface area contributed by atoms with Crippen LogP contribution in [0.4, 0.5) is 0 Å². The topological polar surface area (TPSA) is 82.3 Å². The van der Waals surface area contributed by atoms with Crippen molar-refractivity contribution in [3.8, 4) is 73.8 Å². The Balaban J connectivity index is 1.04. The van der Waals surface area contributed by atoms with Crippen LogP contribution in [0.5, 0.6) is 0 Å². The lowest BCUT2D eigenvalue weighted by Gasteiger charge is -2.14. The summed E-state index contributed by atoms with van der Waals surface area (Å²) in [5.74, 6) is 1.42. The van der Waals surface area contributed by atoms with E-state index < -0.39 is 0 Å².